The Morgan fingerprint density at radius 1 is 1.15 bits per heavy atom. The highest BCUT2D eigenvalue weighted by Gasteiger charge is 2.34. The second-order valence-electron chi connectivity index (χ2n) is 7.00. The number of nitrogens with zero attached hydrogens (tertiary/aromatic N) is 1. The topological polar surface area (TPSA) is 49.4 Å². The lowest BCUT2D eigenvalue weighted by Crippen LogP contribution is -2.32. The molecule has 5 heteroatoms. The third kappa shape index (κ3) is 4.33. The van der Waals surface area contributed by atoms with Crippen LogP contribution in [0.25, 0.3) is 0 Å². The average Bonchev–Trinajstić information content (AvgIpc) is 3.02. The molecule has 1 aliphatic rings. The molecule has 2 aromatic rings. The van der Waals surface area contributed by atoms with Crippen molar-refractivity contribution in [3.8, 4) is 0 Å². The summed E-state index contributed by atoms with van der Waals surface area (Å²) in [7, 11) is 0. The van der Waals surface area contributed by atoms with E-state index in [0.29, 0.717) is 19.0 Å². The summed E-state index contributed by atoms with van der Waals surface area (Å²) in [6.45, 7) is 5.23. The molecule has 0 bridgehead atoms. The van der Waals surface area contributed by atoms with Crippen LogP contribution in [0.1, 0.15) is 37.3 Å². The summed E-state index contributed by atoms with van der Waals surface area (Å²) >= 11 is 3.39. The molecular formula is C21H23BrN2O2. The average molecular weight is 415 g/mol. The number of hydrogen-bond acceptors (Lipinski definition) is 2. The molecule has 26 heavy (non-hydrogen) atoms. The Bertz CT molecular complexity index is 785. The van der Waals surface area contributed by atoms with E-state index in [9.17, 15) is 9.59 Å². The Morgan fingerprint density at radius 3 is 2.42 bits per heavy atom. The first kappa shape index (κ1) is 18.6. The number of halogens is 1. The van der Waals surface area contributed by atoms with Crippen molar-refractivity contribution in [1.82, 2.24) is 5.32 Å². The molecule has 0 aliphatic carbocycles. The van der Waals surface area contributed by atoms with Gasteiger partial charge in [-0.15, -0.1) is 0 Å². The van der Waals surface area contributed by atoms with Crippen LogP contribution in [0.2, 0.25) is 0 Å². The van der Waals surface area contributed by atoms with Gasteiger partial charge < -0.3 is 10.2 Å². The predicted octanol–water partition coefficient (Wildman–Crippen LogP) is 4.24. The minimum Gasteiger partial charge on any atom is -0.352 e. The highest BCUT2D eigenvalue weighted by molar-refractivity contribution is 9.10. The lowest BCUT2D eigenvalue weighted by Gasteiger charge is -2.17. The van der Waals surface area contributed by atoms with Crippen molar-refractivity contribution in [2.45, 2.75) is 32.7 Å². The number of nitrogens with one attached hydrogen (secondary N) is 1. The van der Waals surface area contributed by atoms with Crippen LogP contribution in [0.15, 0.2) is 53.0 Å². The zero-order valence-corrected chi connectivity index (χ0v) is 16.6. The van der Waals surface area contributed by atoms with Crippen molar-refractivity contribution >= 4 is 33.4 Å². The van der Waals surface area contributed by atoms with E-state index in [-0.39, 0.29) is 24.2 Å². The van der Waals surface area contributed by atoms with E-state index < -0.39 is 0 Å². The number of amides is 2. The van der Waals surface area contributed by atoms with E-state index in [1.807, 2.05) is 36.4 Å². The fraction of sp³-hybridized carbons (Fsp3) is 0.333. The summed E-state index contributed by atoms with van der Waals surface area (Å²) < 4.78 is 0.964. The van der Waals surface area contributed by atoms with Crippen molar-refractivity contribution in [2.75, 3.05) is 11.4 Å². The van der Waals surface area contributed by atoms with Gasteiger partial charge in [0.05, 0.1) is 5.92 Å². The number of carbonyl (C=O) groups excluding carboxylic acids is 2. The summed E-state index contributed by atoms with van der Waals surface area (Å²) in [5, 5.41) is 2.97. The molecule has 4 nitrogen and oxygen atoms in total. The fourth-order valence-electron chi connectivity index (χ4n) is 3.11. The monoisotopic (exact) mass is 414 g/mol. The number of carbonyl (C=O) groups is 2. The fourth-order valence-corrected chi connectivity index (χ4v) is 3.37. The molecular weight excluding hydrogens is 392 g/mol. The normalized spacial score (nSPS) is 17.0. The number of hydrogen-bond donors (Lipinski definition) is 1. The highest BCUT2D eigenvalue weighted by atomic mass is 79.9. The quantitative estimate of drug-likeness (QED) is 0.794. The first-order chi connectivity index (χ1) is 12.4. The molecule has 1 atom stereocenters. The van der Waals surface area contributed by atoms with Crippen molar-refractivity contribution in [1.29, 1.82) is 0 Å². The maximum Gasteiger partial charge on any atom is 0.227 e. The number of anilines is 1. The number of benzene rings is 2. The molecule has 1 N–H and O–H groups in total. The molecule has 0 aromatic heterocycles. The first-order valence-corrected chi connectivity index (χ1v) is 9.66. The summed E-state index contributed by atoms with van der Waals surface area (Å²) in [6, 6.07) is 15.9. The third-order valence-corrected chi connectivity index (χ3v) is 5.28. The van der Waals surface area contributed by atoms with Crippen molar-refractivity contribution in [3.05, 3.63) is 64.1 Å². The number of rotatable bonds is 5. The Morgan fingerprint density at radius 2 is 1.81 bits per heavy atom. The third-order valence-electron chi connectivity index (χ3n) is 4.75. The van der Waals surface area contributed by atoms with Gasteiger partial charge in [-0.25, -0.2) is 0 Å². The van der Waals surface area contributed by atoms with E-state index in [0.717, 1.165) is 15.7 Å². The van der Waals surface area contributed by atoms with Gasteiger partial charge in [-0.1, -0.05) is 54.0 Å². The standard InChI is InChI=1S/C21H23BrN2O2/c1-14(2)16-5-3-15(4-6-16)12-23-21(26)17-11-20(25)24(13-17)19-9-7-18(22)8-10-19/h3-10,14,17H,11-13H2,1-2H3,(H,23,26)/t17-/m0/s1. The zero-order chi connectivity index (χ0) is 18.7. The summed E-state index contributed by atoms with van der Waals surface area (Å²) in [6.07, 6.45) is 0.258. The van der Waals surface area contributed by atoms with Gasteiger partial charge in [0.1, 0.15) is 0 Å². The minimum atomic E-state index is -0.305. The van der Waals surface area contributed by atoms with Gasteiger partial charge in [0, 0.05) is 29.7 Å². The summed E-state index contributed by atoms with van der Waals surface area (Å²) in [4.78, 5) is 26.4. The maximum atomic E-state index is 12.5. The van der Waals surface area contributed by atoms with Crippen molar-refractivity contribution < 1.29 is 9.59 Å². The molecule has 1 aliphatic heterocycles. The summed E-state index contributed by atoms with van der Waals surface area (Å²) in [5.74, 6) is 0.119. The molecule has 136 valence electrons. The van der Waals surface area contributed by atoms with Crippen LogP contribution < -0.4 is 10.2 Å². The molecule has 1 heterocycles. The van der Waals surface area contributed by atoms with Crippen LogP contribution in [0.3, 0.4) is 0 Å². The molecule has 0 unspecified atom stereocenters. The predicted molar refractivity (Wildman–Crippen MR) is 107 cm³/mol. The molecule has 2 amide bonds. The lowest BCUT2D eigenvalue weighted by molar-refractivity contribution is -0.126. The van der Waals surface area contributed by atoms with E-state index in [2.05, 4.69) is 47.2 Å². The van der Waals surface area contributed by atoms with E-state index >= 15 is 0 Å². The van der Waals surface area contributed by atoms with Crippen molar-refractivity contribution in [2.24, 2.45) is 5.92 Å². The molecule has 2 aromatic carbocycles. The Labute approximate surface area is 162 Å². The Balaban J connectivity index is 1.57. The molecule has 0 saturated carbocycles. The minimum absolute atomic E-state index is 0.00578. The Kier molecular flexibility index (Phi) is 5.77. The van der Waals surface area contributed by atoms with Gasteiger partial charge in [0.2, 0.25) is 11.8 Å². The van der Waals surface area contributed by atoms with Crippen LogP contribution in [0.5, 0.6) is 0 Å². The SMILES string of the molecule is CC(C)c1ccc(CNC(=O)[C@H]2CC(=O)N(c3ccc(Br)cc3)C2)cc1. The summed E-state index contributed by atoms with van der Waals surface area (Å²) in [5.41, 5.74) is 3.18. The lowest BCUT2D eigenvalue weighted by atomic mass is 10.0. The molecule has 0 radical (unpaired) electrons. The highest BCUT2D eigenvalue weighted by Crippen LogP contribution is 2.26. The van der Waals surface area contributed by atoms with Gasteiger partial charge in [-0.3, -0.25) is 9.59 Å². The zero-order valence-electron chi connectivity index (χ0n) is 15.0. The second-order valence-corrected chi connectivity index (χ2v) is 7.91. The van der Waals surface area contributed by atoms with Crippen LogP contribution in [-0.2, 0) is 16.1 Å². The molecule has 3 rings (SSSR count). The van der Waals surface area contributed by atoms with E-state index in [4.69, 9.17) is 0 Å². The smallest absolute Gasteiger partial charge is 0.227 e. The van der Waals surface area contributed by atoms with Gasteiger partial charge in [-0.05, 0) is 41.3 Å². The van der Waals surface area contributed by atoms with E-state index in [1.165, 1.54) is 5.56 Å². The molecule has 1 fully saturated rings. The second kappa shape index (κ2) is 8.04. The molecule has 0 spiro atoms. The van der Waals surface area contributed by atoms with Gasteiger partial charge in [-0.2, -0.15) is 0 Å². The Hall–Kier alpha value is -2.14. The largest absolute Gasteiger partial charge is 0.352 e. The van der Waals surface area contributed by atoms with E-state index in [1.54, 1.807) is 4.90 Å². The van der Waals surface area contributed by atoms with Crippen molar-refractivity contribution in [3.63, 3.8) is 0 Å². The van der Waals surface area contributed by atoms with Crippen LogP contribution >= 0.6 is 15.9 Å². The van der Waals surface area contributed by atoms with Gasteiger partial charge in [0.15, 0.2) is 0 Å². The van der Waals surface area contributed by atoms with Gasteiger partial charge >= 0.3 is 0 Å². The van der Waals surface area contributed by atoms with Crippen LogP contribution in [0.4, 0.5) is 5.69 Å². The van der Waals surface area contributed by atoms with Gasteiger partial charge in [0.25, 0.3) is 0 Å². The van der Waals surface area contributed by atoms with Crippen LogP contribution in [-0.4, -0.2) is 18.4 Å². The van der Waals surface area contributed by atoms with Crippen LogP contribution in [0, 0.1) is 5.92 Å². The maximum absolute atomic E-state index is 12.5. The molecule has 1 saturated heterocycles. The first-order valence-electron chi connectivity index (χ1n) is 8.86.